The molecule has 0 fully saturated rings. The van der Waals surface area contributed by atoms with Crippen molar-refractivity contribution in [2.24, 2.45) is 0 Å². The quantitative estimate of drug-likeness (QED) is 0.516. The van der Waals surface area contributed by atoms with E-state index in [-0.39, 0.29) is 11.3 Å². The summed E-state index contributed by atoms with van der Waals surface area (Å²) < 4.78 is 0.757. The van der Waals surface area contributed by atoms with Gasteiger partial charge in [-0.1, -0.05) is 12.1 Å². The Balaban J connectivity index is 2.91. The Labute approximate surface area is 109 Å². The van der Waals surface area contributed by atoms with Crippen LogP contribution in [-0.2, 0) is 0 Å². The first-order chi connectivity index (χ1) is 8.00. The molecule has 0 unspecified atom stereocenters. The van der Waals surface area contributed by atoms with Crippen LogP contribution in [0.5, 0.6) is 0 Å². The molecule has 0 saturated carbocycles. The number of fused-ring (bicyclic) bond motifs is 1. The summed E-state index contributed by atoms with van der Waals surface area (Å²) in [5, 5.41) is 20.9. The summed E-state index contributed by atoms with van der Waals surface area (Å²) in [6.45, 7) is 0. The predicted octanol–water partition coefficient (Wildman–Crippen LogP) is 3.05. The van der Waals surface area contributed by atoms with Gasteiger partial charge >= 0.3 is 5.97 Å². The van der Waals surface area contributed by atoms with E-state index in [4.69, 9.17) is 5.11 Å². The molecule has 0 heterocycles. The van der Waals surface area contributed by atoms with Crippen LogP contribution in [0.4, 0.5) is 5.69 Å². The van der Waals surface area contributed by atoms with E-state index in [1.165, 1.54) is 6.07 Å². The van der Waals surface area contributed by atoms with E-state index in [2.05, 4.69) is 0 Å². The molecule has 17 heavy (non-hydrogen) atoms. The number of hydrogen-bond donors (Lipinski definition) is 1. The van der Waals surface area contributed by atoms with Crippen LogP contribution in [0.2, 0.25) is 0 Å². The van der Waals surface area contributed by atoms with Gasteiger partial charge in [0.05, 0.1) is 10.5 Å². The van der Waals surface area contributed by atoms with Crippen LogP contribution in [0.15, 0.2) is 30.3 Å². The number of benzene rings is 2. The van der Waals surface area contributed by atoms with Crippen LogP contribution in [0.25, 0.3) is 10.8 Å². The molecule has 86 valence electrons. The number of carboxylic acids is 1. The van der Waals surface area contributed by atoms with Crippen molar-refractivity contribution in [3.8, 4) is 0 Å². The Morgan fingerprint density at radius 3 is 2.65 bits per heavy atom. The average Bonchev–Trinajstić information content (AvgIpc) is 2.27. The number of hydrogen-bond acceptors (Lipinski definition) is 3. The maximum absolute atomic E-state index is 11.1. The Kier molecular flexibility index (Phi) is 2.97. The normalized spacial score (nSPS) is 10.4. The van der Waals surface area contributed by atoms with Gasteiger partial charge in [-0.2, -0.15) is 0 Å². The van der Waals surface area contributed by atoms with Gasteiger partial charge in [0.1, 0.15) is 0 Å². The molecule has 0 aliphatic carbocycles. The fraction of sp³-hybridized carbons (Fsp3) is 0. The maximum atomic E-state index is 11.1. The van der Waals surface area contributed by atoms with E-state index in [1.807, 2.05) is 22.6 Å². The molecule has 0 atom stereocenters. The zero-order chi connectivity index (χ0) is 12.6. The highest BCUT2D eigenvalue weighted by Gasteiger charge is 2.17. The maximum Gasteiger partial charge on any atom is 0.336 e. The van der Waals surface area contributed by atoms with Crippen molar-refractivity contribution in [1.82, 2.24) is 0 Å². The van der Waals surface area contributed by atoms with Crippen molar-refractivity contribution < 1.29 is 14.8 Å². The molecule has 0 aromatic heterocycles. The van der Waals surface area contributed by atoms with Crippen LogP contribution in [0.1, 0.15) is 10.4 Å². The van der Waals surface area contributed by atoms with Crippen LogP contribution < -0.4 is 0 Å². The summed E-state index contributed by atoms with van der Waals surface area (Å²) in [6, 6.07) is 7.63. The molecule has 0 saturated heterocycles. The minimum Gasteiger partial charge on any atom is -0.478 e. The van der Waals surface area contributed by atoms with Crippen molar-refractivity contribution >= 4 is 45.0 Å². The topological polar surface area (TPSA) is 80.4 Å². The summed E-state index contributed by atoms with van der Waals surface area (Å²) in [5.41, 5.74) is -0.254. The van der Waals surface area contributed by atoms with Crippen LogP contribution in [0.3, 0.4) is 0 Å². The third kappa shape index (κ3) is 2.07. The smallest absolute Gasteiger partial charge is 0.336 e. The summed E-state index contributed by atoms with van der Waals surface area (Å²) in [6.07, 6.45) is 0. The third-order valence-corrected chi connectivity index (χ3v) is 3.25. The number of nitro benzene ring substituents is 1. The molecule has 1 N–H and O–H groups in total. The molecule has 2 aromatic rings. The highest BCUT2D eigenvalue weighted by atomic mass is 127. The molecule has 0 aliphatic heterocycles. The first kappa shape index (κ1) is 11.8. The van der Waals surface area contributed by atoms with Crippen LogP contribution in [0, 0.1) is 13.7 Å². The van der Waals surface area contributed by atoms with Gasteiger partial charge in [0.15, 0.2) is 0 Å². The lowest BCUT2D eigenvalue weighted by molar-refractivity contribution is -0.384. The molecule has 2 rings (SSSR count). The second kappa shape index (κ2) is 4.28. The molecule has 2 aromatic carbocycles. The Hall–Kier alpha value is -1.70. The monoisotopic (exact) mass is 343 g/mol. The Morgan fingerprint density at radius 1 is 1.35 bits per heavy atom. The largest absolute Gasteiger partial charge is 0.478 e. The lowest BCUT2D eigenvalue weighted by atomic mass is 10.0. The molecule has 0 bridgehead atoms. The third-order valence-electron chi connectivity index (χ3n) is 2.35. The molecule has 0 radical (unpaired) electrons. The Bertz CT molecular complexity index is 639. The van der Waals surface area contributed by atoms with Crippen molar-refractivity contribution in [2.75, 3.05) is 0 Å². The lowest BCUT2D eigenvalue weighted by Gasteiger charge is -2.05. The van der Waals surface area contributed by atoms with E-state index < -0.39 is 10.9 Å². The van der Waals surface area contributed by atoms with E-state index >= 15 is 0 Å². The number of carbonyl (C=O) groups is 1. The first-order valence-corrected chi connectivity index (χ1v) is 5.68. The highest BCUT2D eigenvalue weighted by molar-refractivity contribution is 14.1. The fourth-order valence-electron chi connectivity index (χ4n) is 1.64. The van der Waals surface area contributed by atoms with Gasteiger partial charge in [0, 0.05) is 21.1 Å². The molecule has 0 aliphatic rings. The van der Waals surface area contributed by atoms with Gasteiger partial charge < -0.3 is 5.11 Å². The van der Waals surface area contributed by atoms with Gasteiger partial charge in [-0.25, -0.2) is 4.79 Å². The molecule has 0 amide bonds. The van der Waals surface area contributed by atoms with Gasteiger partial charge in [0.2, 0.25) is 0 Å². The van der Waals surface area contributed by atoms with Crippen molar-refractivity contribution in [3.63, 3.8) is 0 Å². The second-order valence-electron chi connectivity index (χ2n) is 3.39. The number of nitrogens with zero attached hydrogens (tertiary/aromatic N) is 1. The second-order valence-corrected chi connectivity index (χ2v) is 4.56. The number of aromatic carboxylic acids is 1. The van der Waals surface area contributed by atoms with Crippen molar-refractivity contribution in [2.45, 2.75) is 0 Å². The fourth-order valence-corrected chi connectivity index (χ4v) is 2.45. The summed E-state index contributed by atoms with van der Waals surface area (Å²) in [5.74, 6) is -1.16. The molecule has 0 spiro atoms. The number of rotatable bonds is 2. The SMILES string of the molecule is O=C(O)c1cc([N+](=O)[O-])cc2cccc(I)c12. The van der Waals surface area contributed by atoms with Gasteiger partial charge in [-0.15, -0.1) is 0 Å². The first-order valence-electron chi connectivity index (χ1n) is 4.60. The molecule has 5 nitrogen and oxygen atoms in total. The van der Waals surface area contributed by atoms with Crippen LogP contribution in [-0.4, -0.2) is 16.0 Å². The highest BCUT2D eigenvalue weighted by Crippen LogP contribution is 2.29. The zero-order valence-electron chi connectivity index (χ0n) is 8.38. The van der Waals surface area contributed by atoms with E-state index in [9.17, 15) is 14.9 Å². The molecular formula is C11H6INO4. The summed E-state index contributed by atoms with van der Waals surface area (Å²) >= 11 is 2.01. The average molecular weight is 343 g/mol. The Morgan fingerprint density at radius 2 is 2.06 bits per heavy atom. The van der Waals surface area contributed by atoms with Crippen LogP contribution >= 0.6 is 22.6 Å². The minimum absolute atomic E-state index is 0.0424. The van der Waals surface area contributed by atoms with Crippen molar-refractivity contribution in [1.29, 1.82) is 0 Å². The number of non-ortho nitro benzene ring substituents is 1. The number of nitro groups is 1. The zero-order valence-corrected chi connectivity index (χ0v) is 10.5. The number of halogens is 1. The van der Waals surface area contributed by atoms with Gasteiger partial charge in [0.25, 0.3) is 5.69 Å². The summed E-state index contributed by atoms with van der Waals surface area (Å²) in [7, 11) is 0. The van der Waals surface area contributed by atoms with E-state index in [0.717, 1.165) is 9.64 Å². The van der Waals surface area contributed by atoms with Gasteiger partial charge in [-0.05, 0) is 34.0 Å². The standard InChI is InChI=1S/C11H6INO4/c12-9-3-1-2-6-4-7(13(16)17)5-8(10(6)9)11(14)15/h1-5H,(H,14,15). The van der Waals surface area contributed by atoms with E-state index in [1.54, 1.807) is 18.2 Å². The van der Waals surface area contributed by atoms with Crippen molar-refractivity contribution in [3.05, 3.63) is 49.6 Å². The lowest BCUT2D eigenvalue weighted by Crippen LogP contribution is -2.01. The van der Waals surface area contributed by atoms with Gasteiger partial charge in [-0.3, -0.25) is 10.1 Å². The number of carboxylic acid groups (broad SMARTS) is 1. The van der Waals surface area contributed by atoms with E-state index in [0.29, 0.717) is 10.8 Å². The summed E-state index contributed by atoms with van der Waals surface area (Å²) in [4.78, 5) is 21.2. The predicted molar refractivity (Wildman–Crippen MR) is 70.3 cm³/mol. The molecule has 6 heteroatoms. The minimum atomic E-state index is -1.16. The molecular weight excluding hydrogens is 337 g/mol.